The highest BCUT2D eigenvalue weighted by Gasteiger charge is 2.25. The lowest BCUT2D eigenvalue weighted by Gasteiger charge is -2.27. The predicted octanol–water partition coefficient (Wildman–Crippen LogP) is 2.37. The van der Waals surface area contributed by atoms with Crippen LogP contribution in [-0.2, 0) is 13.1 Å². The Hall–Kier alpha value is -2.54. The Bertz CT molecular complexity index is 854. The molecular formula is C16H15N5OS. The Morgan fingerprint density at radius 1 is 1.17 bits per heavy atom. The van der Waals surface area contributed by atoms with Gasteiger partial charge >= 0.3 is 0 Å². The van der Waals surface area contributed by atoms with E-state index in [9.17, 15) is 4.79 Å². The maximum Gasteiger partial charge on any atom is 0.266 e. The molecule has 1 aliphatic rings. The van der Waals surface area contributed by atoms with Crippen molar-refractivity contribution in [2.24, 2.45) is 0 Å². The molecule has 0 saturated heterocycles. The van der Waals surface area contributed by atoms with Crippen molar-refractivity contribution in [1.29, 1.82) is 0 Å². The van der Waals surface area contributed by atoms with Crippen molar-refractivity contribution in [2.45, 2.75) is 20.0 Å². The number of thiazole rings is 1. The van der Waals surface area contributed by atoms with Crippen LogP contribution >= 0.6 is 11.3 Å². The SMILES string of the molecule is Cc1nnc2n1CCN(C(=O)c1cnc(-c3ccccc3)s1)C2. The van der Waals surface area contributed by atoms with Gasteiger partial charge in [0.1, 0.15) is 15.7 Å². The van der Waals surface area contributed by atoms with Gasteiger partial charge in [0, 0.05) is 18.7 Å². The monoisotopic (exact) mass is 325 g/mol. The van der Waals surface area contributed by atoms with Crippen LogP contribution in [0.1, 0.15) is 21.3 Å². The van der Waals surface area contributed by atoms with Crippen molar-refractivity contribution in [3.63, 3.8) is 0 Å². The second kappa shape index (κ2) is 5.58. The van der Waals surface area contributed by atoms with E-state index < -0.39 is 0 Å². The van der Waals surface area contributed by atoms with Gasteiger partial charge < -0.3 is 9.47 Å². The zero-order valence-corrected chi connectivity index (χ0v) is 13.5. The lowest BCUT2D eigenvalue weighted by Crippen LogP contribution is -2.38. The molecule has 1 amide bonds. The van der Waals surface area contributed by atoms with Crippen LogP contribution in [0.5, 0.6) is 0 Å². The molecule has 7 heteroatoms. The first-order chi connectivity index (χ1) is 11.2. The lowest BCUT2D eigenvalue weighted by molar-refractivity contribution is 0.0711. The molecular weight excluding hydrogens is 310 g/mol. The van der Waals surface area contributed by atoms with E-state index >= 15 is 0 Å². The highest BCUT2D eigenvalue weighted by Crippen LogP contribution is 2.26. The van der Waals surface area contributed by atoms with Gasteiger partial charge in [-0.3, -0.25) is 4.79 Å². The smallest absolute Gasteiger partial charge is 0.266 e. The molecule has 0 unspecified atom stereocenters. The molecule has 0 N–H and O–H groups in total. The molecule has 4 rings (SSSR count). The molecule has 3 heterocycles. The van der Waals surface area contributed by atoms with E-state index in [0.717, 1.165) is 28.8 Å². The molecule has 116 valence electrons. The van der Waals surface area contributed by atoms with Gasteiger partial charge in [0.25, 0.3) is 5.91 Å². The number of hydrogen-bond donors (Lipinski definition) is 0. The van der Waals surface area contributed by atoms with E-state index in [4.69, 9.17) is 0 Å². The van der Waals surface area contributed by atoms with Gasteiger partial charge in [-0.2, -0.15) is 0 Å². The summed E-state index contributed by atoms with van der Waals surface area (Å²) in [6, 6.07) is 9.91. The second-order valence-electron chi connectivity index (χ2n) is 5.44. The maximum atomic E-state index is 12.7. The molecule has 6 nitrogen and oxygen atoms in total. The lowest BCUT2D eigenvalue weighted by atomic mass is 10.2. The number of aryl methyl sites for hydroxylation is 1. The highest BCUT2D eigenvalue weighted by molar-refractivity contribution is 7.16. The number of carbonyl (C=O) groups is 1. The fraction of sp³-hybridized carbons (Fsp3) is 0.250. The molecule has 0 radical (unpaired) electrons. The molecule has 0 fully saturated rings. The molecule has 0 atom stereocenters. The molecule has 3 aromatic rings. The summed E-state index contributed by atoms with van der Waals surface area (Å²) in [7, 11) is 0. The molecule has 2 aromatic heterocycles. The molecule has 0 spiro atoms. The van der Waals surface area contributed by atoms with Crippen molar-refractivity contribution < 1.29 is 4.79 Å². The summed E-state index contributed by atoms with van der Waals surface area (Å²) in [5.74, 6) is 1.75. The minimum atomic E-state index is 0.0107. The normalized spacial score (nSPS) is 13.9. The van der Waals surface area contributed by atoms with Gasteiger partial charge in [-0.05, 0) is 6.92 Å². The molecule has 1 aliphatic heterocycles. The fourth-order valence-electron chi connectivity index (χ4n) is 2.72. The Morgan fingerprint density at radius 2 is 2.00 bits per heavy atom. The van der Waals surface area contributed by atoms with E-state index in [0.29, 0.717) is 18.0 Å². The van der Waals surface area contributed by atoms with E-state index in [2.05, 4.69) is 19.7 Å². The number of carbonyl (C=O) groups excluding carboxylic acids is 1. The molecule has 0 aliphatic carbocycles. The van der Waals surface area contributed by atoms with E-state index in [1.165, 1.54) is 11.3 Å². The Balaban J connectivity index is 1.55. The van der Waals surface area contributed by atoms with Crippen LogP contribution in [0.15, 0.2) is 36.5 Å². The van der Waals surface area contributed by atoms with Crippen LogP contribution in [0.4, 0.5) is 0 Å². The van der Waals surface area contributed by atoms with Crippen molar-refractivity contribution in [1.82, 2.24) is 24.6 Å². The van der Waals surface area contributed by atoms with Crippen LogP contribution in [0.25, 0.3) is 10.6 Å². The molecule has 0 saturated carbocycles. The van der Waals surface area contributed by atoms with E-state index in [-0.39, 0.29) is 5.91 Å². The number of amides is 1. The summed E-state index contributed by atoms with van der Waals surface area (Å²) in [6.07, 6.45) is 1.67. The van der Waals surface area contributed by atoms with Crippen LogP contribution in [-0.4, -0.2) is 37.1 Å². The Labute approximate surface area is 137 Å². The number of rotatable bonds is 2. The number of benzene rings is 1. The van der Waals surface area contributed by atoms with E-state index in [1.54, 1.807) is 6.20 Å². The predicted molar refractivity (Wildman–Crippen MR) is 87.0 cm³/mol. The van der Waals surface area contributed by atoms with Gasteiger partial charge in [0.2, 0.25) is 0 Å². The summed E-state index contributed by atoms with van der Waals surface area (Å²) < 4.78 is 2.06. The third-order valence-corrected chi connectivity index (χ3v) is 5.00. The number of fused-ring (bicyclic) bond motifs is 1. The quantitative estimate of drug-likeness (QED) is 0.725. The first kappa shape index (κ1) is 14.1. The summed E-state index contributed by atoms with van der Waals surface area (Å²) in [6.45, 7) is 3.84. The average Bonchev–Trinajstić information content (AvgIpc) is 3.22. The topological polar surface area (TPSA) is 63.9 Å². The Kier molecular flexibility index (Phi) is 3.42. The molecule has 1 aromatic carbocycles. The van der Waals surface area contributed by atoms with Gasteiger partial charge in [0.05, 0.1) is 12.7 Å². The first-order valence-electron chi connectivity index (χ1n) is 7.41. The first-order valence-corrected chi connectivity index (χ1v) is 8.23. The van der Waals surface area contributed by atoms with Crippen LogP contribution in [0, 0.1) is 6.92 Å². The molecule has 0 bridgehead atoms. The second-order valence-corrected chi connectivity index (χ2v) is 6.47. The van der Waals surface area contributed by atoms with E-state index in [1.807, 2.05) is 42.2 Å². The standard InChI is InChI=1S/C16H15N5OS/c1-11-18-19-14-10-20(7-8-21(11)14)16(22)13-9-17-15(23-13)12-5-3-2-4-6-12/h2-6,9H,7-8,10H2,1H3. The zero-order valence-electron chi connectivity index (χ0n) is 12.6. The van der Waals surface area contributed by atoms with Crippen molar-refractivity contribution in [2.75, 3.05) is 6.54 Å². The van der Waals surface area contributed by atoms with Crippen molar-refractivity contribution in [3.05, 3.63) is 53.1 Å². The Morgan fingerprint density at radius 3 is 2.83 bits per heavy atom. The van der Waals surface area contributed by atoms with Crippen LogP contribution < -0.4 is 0 Å². The van der Waals surface area contributed by atoms with Crippen molar-refractivity contribution in [3.8, 4) is 10.6 Å². The number of nitrogens with zero attached hydrogens (tertiary/aromatic N) is 5. The highest BCUT2D eigenvalue weighted by atomic mass is 32.1. The van der Waals surface area contributed by atoms with Gasteiger partial charge in [-0.25, -0.2) is 4.98 Å². The van der Waals surface area contributed by atoms with Crippen LogP contribution in [0.2, 0.25) is 0 Å². The van der Waals surface area contributed by atoms with Gasteiger partial charge in [-0.1, -0.05) is 30.3 Å². The van der Waals surface area contributed by atoms with Gasteiger partial charge in [0.15, 0.2) is 5.82 Å². The molecule has 23 heavy (non-hydrogen) atoms. The van der Waals surface area contributed by atoms with Gasteiger partial charge in [-0.15, -0.1) is 21.5 Å². The summed E-state index contributed by atoms with van der Waals surface area (Å²) in [4.78, 5) is 19.6. The number of hydrogen-bond acceptors (Lipinski definition) is 5. The minimum absolute atomic E-state index is 0.0107. The summed E-state index contributed by atoms with van der Waals surface area (Å²) in [5, 5.41) is 9.08. The summed E-state index contributed by atoms with van der Waals surface area (Å²) >= 11 is 1.43. The summed E-state index contributed by atoms with van der Waals surface area (Å²) in [5.41, 5.74) is 1.03. The maximum absolute atomic E-state index is 12.7. The largest absolute Gasteiger partial charge is 0.329 e. The number of aromatic nitrogens is 4. The average molecular weight is 325 g/mol. The zero-order chi connectivity index (χ0) is 15.8. The van der Waals surface area contributed by atoms with Crippen molar-refractivity contribution >= 4 is 17.2 Å². The fourth-order valence-corrected chi connectivity index (χ4v) is 3.61. The third kappa shape index (κ3) is 2.53. The van der Waals surface area contributed by atoms with Crippen LogP contribution in [0.3, 0.4) is 0 Å². The minimum Gasteiger partial charge on any atom is -0.329 e. The third-order valence-electron chi connectivity index (χ3n) is 3.96.